The maximum Gasteiger partial charge on any atom is 0.337 e. The number of fused-ring (bicyclic) bond motifs is 4. The number of ether oxygens (including phenoxy) is 2. The molecule has 0 atom stereocenters. The SMILES string of the molecule is C.C1CNC1.COC(=O)c1ccc2ncc(I)cc2c1.COC(=O)c1ccc2ncc(N3CCC3)cc2c1.O=C(NCc1cc2c(Cl)c[nH]c2cc1F)c1ccnc(Cc2ccc3ncc(N4CCC4)cc3c2)c1. The second-order valence-electron chi connectivity index (χ2n) is 17.7. The quantitative estimate of drug-likeness (QED) is 0.0926. The molecule has 1 amide bonds. The number of anilines is 2. The fraction of sp³-hybridized carbons (Fsp3) is 0.246. The van der Waals surface area contributed by atoms with Crippen LogP contribution < -0.4 is 20.4 Å². The molecule has 12 rings (SSSR count). The fourth-order valence-electron chi connectivity index (χ4n) is 8.16. The summed E-state index contributed by atoms with van der Waals surface area (Å²) < 4.78 is 24.9. The lowest BCUT2D eigenvalue weighted by Gasteiger charge is -2.32. The van der Waals surface area contributed by atoms with E-state index in [4.69, 9.17) is 16.3 Å². The fourth-order valence-corrected chi connectivity index (χ4v) is 8.84. The average molecular weight is 1130 g/mol. The minimum atomic E-state index is -0.403. The van der Waals surface area contributed by atoms with Crippen molar-refractivity contribution in [1.82, 2.24) is 35.6 Å². The summed E-state index contributed by atoms with van der Waals surface area (Å²) in [7, 11) is 2.76. The Kier molecular flexibility index (Phi) is 17.6. The highest BCUT2D eigenvalue weighted by atomic mass is 127. The highest BCUT2D eigenvalue weighted by Gasteiger charge is 2.18. The summed E-state index contributed by atoms with van der Waals surface area (Å²) in [5, 5.41) is 10.2. The van der Waals surface area contributed by atoms with Gasteiger partial charge in [-0.3, -0.25) is 24.7 Å². The van der Waals surface area contributed by atoms with Gasteiger partial charge in [0.2, 0.25) is 0 Å². The van der Waals surface area contributed by atoms with Gasteiger partial charge in [0.05, 0.1) is 70.7 Å². The molecule has 14 nitrogen and oxygen atoms in total. The van der Waals surface area contributed by atoms with Gasteiger partial charge in [0, 0.05) is 105 Å². The number of carbonyl (C=O) groups excluding carboxylic acids is 3. The predicted octanol–water partition coefficient (Wildman–Crippen LogP) is 11.1. The zero-order valence-electron chi connectivity index (χ0n) is 40.3. The van der Waals surface area contributed by atoms with Crippen molar-refractivity contribution in [2.75, 3.05) is 63.3 Å². The van der Waals surface area contributed by atoms with E-state index in [1.807, 2.05) is 48.8 Å². The number of esters is 2. The third-order valence-corrected chi connectivity index (χ3v) is 13.6. The van der Waals surface area contributed by atoms with E-state index < -0.39 is 5.82 Å². The number of aromatic nitrogens is 5. The topological polar surface area (TPSA) is 168 Å². The minimum Gasteiger partial charge on any atom is -0.465 e. The molecule has 0 saturated carbocycles. The Balaban J connectivity index is 0.000000159. The molecule has 3 N–H and O–H groups in total. The van der Waals surface area contributed by atoms with E-state index in [9.17, 15) is 18.8 Å². The number of pyridine rings is 4. The summed E-state index contributed by atoms with van der Waals surface area (Å²) in [6, 6.07) is 29.6. The molecule has 0 spiro atoms. The molecule has 9 aromatic rings. The van der Waals surface area contributed by atoms with Crippen LogP contribution in [0.2, 0.25) is 5.02 Å². The summed E-state index contributed by atoms with van der Waals surface area (Å²) >= 11 is 8.34. The van der Waals surface area contributed by atoms with Gasteiger partial charge in [-0.1, -0.05) is 25.1 Å². The van der Waals surface area contributed by atoms with Gasteiger partial charge >= 0.3 is 11.9 Å². The number of aromatic amines is 1. The van der Waals surface area contributed by atoms with E-state index in [-0.39, 0.29) is 31.8 Å². The summed E-state index contributed by atoms with van der Waals surface area (Å²) in [6.07, 6.45) is 13.3. The van der Waals surface area contributed by atoms with Gasteiger partial charge in [-0.05, 0) is 152 Å². The molecule has 8 heterocycles. The lowest BCUT2D eigenvalue weighted by Crippen LogP contribution is -2.36. The van der Waals surface area contributed by atoms with Gasteiger partial charge in [-0.25, -0.2) is 14.0 Å². The van der Waals surface area contributed by atoms with Gasteiger partial charge in [0.25, 0.3) is 5.91 Å². The average Bonchev–Trinajstić information content (AvgIpc) is 3.71. The normalized spacial score (nSPS) is 13.3. The van der Waals surface area contributed by atoms with Crippen LogP contribution in [0.1, 0.15) is 74.6 Å². The number of hydrogen-bond donors (Lipinski definition) is 3. The van der Waals surface area contributed by atoms with Crippen LogP contribution in [0.25, 0.3) is 43.6 Å². The number of hydrogen-bond acceptors (Lipinski definition) is 12. The van der Waals surface area contributed by atoms with Crippen LogP contribution in [0.3, 0.4) is 0 Å². The summed E-state index contributed by atoms with van der Waals surface area (Å²) in [4.78, 5) is 60.8. The lowest BCUT2D eigenvalue weighted by atomic mass is 10.0. The Morgan fingerprint density at radius 1 is 0.689 bits per heavy atom. The Morgan fingerprint density at radius 2 is 1.24 bits per heavy atom. The van der Waals surface area contributed by atoms with E-state index in [1.165, 1.54) is 52.6 Å². The Bertz CT molecular complexity index is 3470. The van der Waals surface area contributed by atoms with Gasteiger partial charge in [0.15, 0.2) is 0 Å². The van der Waals surface area contributed by atoms with E-state index in [1.54, 1.807) is 55.0 Å². The van der Waals surface area contributed by atoms with E-state index in [0.29, 0.717) is 39.2 Å². The predicted molar refractivity (Wildman–Crippen MR) is 300 cm³/mol. The van der Waals surface area contributed by atoms with E-state index >= 15 is 0 Å². The summed E-state index contributed by atoms with van der Waals surface area (Å²) in [6.45, 7) is 6.88. The first-order chi connectivity index (χ1) is 35.5. The van der Waals surface area contributed by atoms with Gasteiger partial charge in [0.1, 0.15) is 5.82 Å². The molecule has 0 bridgehead atoms. The van der Waals surface area contributed by atoms with Crippen LogP contribution in [-0.2, 0) is 22.4 Å². The molecule has 74 heavy (non-hydrogen) atoms. The number of benzene rings is 4. The summed E-state index contributed by atoms with van der Waals surface area (Å²) in [5.74, 6) is -1.33. The van der Waals surface area contributed by atoms with Crippen molar-refractivity contribution in [3.8, 4) is 0 Å². The van der Waals surface area contributed by atoms with Crippen LogP contribution in [0.4, 0.5) is 15.8 Å². The van der Waals surface area contributed by atoms with Crippen molar-refractivity contribution >= 4 is 107 Å². The molecule has 0 unspecified atom stereocenters. The van der Waals surface area contributed by atoms with Gasteiger partial charge in [-0.2, -0.15) is 0 Å². The molecule has 380 valence electrons. The maximum absolute atomic E-state index is 14.5. The highest BCUT2D eigenvalue weighted by molar-refractivity contribution is 14.1. The third-order valence-electron chi connectivity index (χ3n) is 12.7. The Labute approximate surface area is 447 Å². The summed E-state index contributed by atoms with van der Waals surface area (Å²) in [5.41, 5.74) is 9.44. The van der Waals surface area contributed by atoms with E-state index in [0.717, 1.165) is 90.5 Å². The van der Waals surface area contributed by atoms with Crippen molar-refractivity contribution in [3.63, 3.8) is 0 Å². The van der Waals surface area contributed by atoms with Crippen molar-refractivity contribution in [1.29, 1.82) is 0 Å². The second-order valence-corrected chi connectivity index (χ2v) is 19.3. The largest absolute Gasteiger partial charge is 0.465 e. The van der Waals surface area contributed by atoms with Crippen molar-refractivity contribution < 1.29 is 28.2 Å². The molecule has 3 aliphatic rings. The maximum atomic E-state index is 14.5. The minimum absolute atomic E-state index is 0. The first-order valence-corrected chi connectivity index (χ1v) is 25.4. The molecule has 0 aliphatic carbocycles. The van der Waals surface area contributed by atoms with Crippen LogP contribution in [-0.4, -0.2) is 96.3 Å². The molecule has 4 aromatic carbocycles. The molecule has 3 aliphatic heterocycles. The molecule has 17 heteroatoms. The molecule has 3 fully saturated rings. The Hall–Kier alpha value is -7.28. The molecule has 0 radical (unpaired) electrons. The number of nitrogens with zero attached hydrogens (tertiary/aromatic N) is 6. The monoisotopic (exact) mass is 1130 g/mol. The number of nitrogens with one attached hydrogen (secondary N) is 3. The highest BCUT2D eigenvalue weighted by Crippen LogP contribution is 2.28. The number of carbonyl (C=O) groups is 3. The molecule has 3 saturated heterocycles. The van der Waals surface area contributed by atoms with Gasteiger partial charge in [-0.15, -0.1) is 0 Å². The Morgan fingerprint density at radius 3 is 1.80 bits per heavy atom. The van der Waals surface area contributed by atoms with Crippen LogP contribution in [0.15, 0.2) is 128 Å². The molecular formula is C57H56ClFIN9O5. The zero-order chi connectivity index (χ0) is 50.8. The smallest absolute Gasteiger partial charge is 0.337 e. The molecule has 5 aromatic heterocycles. The van der Waals surface area contributed by atoms with Crippen molar-refractivity contribution in [2.24, 2.45) is 0 Å². The molecular weight excluding hydrogens is 1070 g/mol. The standard InChI is InChI=1S/C28H23ClFN5O.C14H14N2O2.C11H8INO2.C3H7N.CH4/c29-24-16-33-27-13-25(30)20(12-23(24)27)14-34-28(36)18-4-5-31-21(10-18)9-17-2-3-26-19(8-17)11-22(15-32-26)35-6-1-7-35;1-18-14(17)10-3-4-13-11(7-10)8-12(9-15-13)16-5-2-6-16;1-15-11(14)7-2-3-10-8(4-7)5-9(12)6-13-10;1-2-4-3-1;/h2-5,8,10-13,15-16,33H,1,6-7,9,14H2,(H,34,36);3-4,7-9H,2,5-6H2,1H3;2-6H,1H3;4H,1-3H2;1H4. The first kappa shape index (κ1) is 53.0. The third kappa shape index (κ3) is 12.9. The van der Waals surface area contributed by atoms with Crippen LogP contribution in [0, 0.1) is 9.39 Å². The number of H-pyrrole nitrogens is 1. The number of amides is 1. The first-order valence-electron chi connectivity index (χ1n) is 23.9. The van der Waals surface area contributed by atoms with Gasteiger partial charge < -0.3 is 34.9 Å². The number of methoxy groups -OCH3 is 2. The van der Waals surface area contributed by atoms with Crippen LogP contribution in [0.5, 0.6) is 0 Å². The van der Waals surface area contributed by atoms with Crippen molar-refractivity contribution in [3.05, 3.63) is 176 Å². The number of rotatable bonds is 9. The zero-order valence-corrected chi connectivity index (χ0v) is 43.2. The number of halogens is 3. The van der Waals surface area contributed by atoms with Crippen molar-refractivity contribution in [2.45, 2.75) is 39.7 Å². The second kappa shape index (κ2) is 24.6. The lowest BCUT2D eigenvalue weighted by molar-refractivity contribution is 0.0592. The van der Waals surface area contributed by atoms with Crippen LogP contribution >= 0.6 is 34.2 Å². The van der Waals surface area contributed by atoms with E-state index in [2.05, 4.69) is 90.9 Å².